The number of hydrogen-bond donors (Lipinski definition) is 9. The van der Waals surface area contributed by atoms with Crippen molar-refractivity contribution in [2.75, 3.05) is 6.54 Å². The number of nitrogens with one attached hydrogen (secondary N) is 7. The third-order valence-corrected chi connectivity index (χ3v) is 13.3. The second kappa shape index (κ2) is 30.1. The van der Waals surface area contributed by atoms with Crippen molar-refractivity contribution in [3.63, 3.8) is 0 Å². The van der Waals surface area contributed by atoms with E-state index < -0.39 is 120 Å². The van der Waals surface area contributed by atoms with E-state index in [1.54, 1.807) is 45.0 Å². The molecular weight excluding hydrogens is 1050 g/mol. The van der Waals surface area contributed by atoms with Gasteiger partial charge in [0.1, 0.15) is 58.7 Å². The van der Waals surface area contributed by atoms with Gasteiger partial charge in [-0.15, -0.1) is 0 Å². The highest BCUT2D eigenvalue weighted by Crippen LogP contribution is 2.37. The van der Waals surface area contributed by atoms with Crippen LogP contribution >= 0.6 is 0 Å². The monoisotopic (exact) mass is 1130 g/mol. The van der Waals surface area contributed by atoms with Gasteiger partial charge in [-0.05, 0) is 127 Å². The summed E-state index contributed by atoms with van der Waals surface area (Å²) in [6.07, 6.45) is -0.512. The van der Waals surface area contributed by atoms with Gasteiger partial charge in [-0.25, -0.2) is 4.79 Å². The van der Waals surface area contributed by atoms with Crippen molar-refractivity contribution in [2.45, 2.75) is 173 Å². The number of esters is 1. The summed E-state index contributed by atoms with van der Waals surface area (Å²) in [7, 11) is 0. The van der Waals surface area contributed by atoms with Gasteiger partial charge < -0.3 is 57.5 Å². The number of amides is 7. The third-order valence-electron chi connectivity index (χ3n) is 13.3. The van der Waals surface area contributed by atoms with E-state index in [1.807, 2.05) is 126 Å². The Labute approximate surface area is 480 Å². The first kappa shape index (κ1) is 64.7. The molecule has 0 unspecified atom stereocenters. The molecule has 20 nitrogen and oxygen atoms in total. The molecule has 1 aliphatic rings. The van der Waals surface area contributed by atoms with Gasteiger partial charge in [0.2, 0.25) is 41.4 Å². The van der Waals surface area contributed by atoms with Crippen LogP contribution in [0.1, 0.15) is 135 Å². The van der Waals surface area contributed by atoms with E-state index >= 15 is 4.79 Å². The molecule has 20 heteroatoms. The minimum Gasteiger partial charge on any atom is -0.488 e. The summed E-state index contributed by atoms with van der Waals surface area (Å²) in [5, 5.41) is 29.4. The van der Waals surface area contributed by atoms with E-state index in [-0.39, 0.29) is 50.5 Å². The topological polar surface area (TPSA) is 303 Å². The van der Waals surface area contributed by atoms with Gasteiger partial charge >= 0.3 is 11.9 Å². The zero-order valence-corrected chi connectivity index (χ0v) is 48.3. The van der Waals surface area contributed by atoms with Gasteiger partial charge in [0.05, 0.1) is 6.42 Å². The van der Waals surface area contributed by atoms with E-state index in [9.17, 15) is 43.5 Å². The fourth-order valence-corrected chi connectivity index (χ4v) is 9.48. The standard InChI is InChI=1S/C62H82N8O12/c1-39(2)36-48(67-54(74)45-31-33-51(71)64-45)56(76)68-49(37-40-27-29-44(30-28-40)81-60(3,4)5)57(77)65-46(32-34-53(73)82-61(6,7)8)55(75)69-50(58(78)66-47(59(79)80)26-18-19-35-63)38-52(72)70-62(41-20-12-9-13-21-41,42-22-14-10-15-23-42)43-24-16-11-17-25-43/h9-17,20-25,27-30,39,45-50H,18-19,26,31-38,63H2,1-8H3,(H,64,71)(H,65,77)(H,66,78)(H,67,74)(H,68,76)(H,69,75)(H,70,72)(H,79,80)/t45-,46-,47-,48-,49-,50-/m0/s1. The largest absolute Gasteiger partial charge is 0.488 e. The van der Waals surface area contributed by atoms with Crippen LogP contribution in [-0.2, 0) is 59.8 Å². The Morgan fingerprint density at radius 2 is 1.12 bits per heavy atom. The lowest BCUT2D eigenvalue weighted by atomic mass is 9.77. The van der Waals surface area contributed by atoms with Crippen LogP contribution < -0.4 is 47.7 Å². The molecule has 1 aliphatic heterocycles. The number of carboxylic acids is 1. The first-order chi connectivity index (χ1) is 38.8. The molecule has 7 amide bonds. The summed E-state index contributed by atoms with van der Waals surface area (Å²) in [5.74, 6) is -7.07. The number of hydrogen-bond acceptors (Lipinski definition) is 12. The van der Waals surface area contributed by atoms with Gasteiger partial charge in [-0.3, -0.25) is 38.4 Å². The maximum atomic E-state index is 15.0. The second-order valence-corrected chi connectivity index (χ2v) is 23.0. The van der Waals surface area contributed by atoms with Crippen LogP contribution in [0.2, 0.25) is 0 Å². The van der Waals surface area contributed by atoms with Crippen LogP contribution in [0.3, 0.4) is 0 Å². The molecule has 0 aliphatic carbocycles. The molecule has 1 saturated heterocycles. The van der Waals surface area contributed by atoms with E-state index in [2.05, 4.69) is 37.2 Å². The molecule has 4 aromatic rings. The van der Waals surface area contributed by atoms with E-state index in [0.717, 1.165) is 0 Å². The molecule has 1 fully saturated rings. The first-order valence-corrected chi connectivity index (χ1v) is 28.0. The maximum Gasteiger partial charge on any atom is 0.326 e. The number of unbranched alkanes of at least 4 members (excludes halogenated alkanes) is 1. The molecule has 1 heterocycles. The number of aliphatic carboxylic acids is 1. The lowest BCUT2D eigenvalue weighted by molar-refractivity contribution is -0.155. The van der Waals surface area contributed by atoms with E-state index in [4.69, 9.17) is 15.2 Å². The van der Waals surface area contributed by atoms with Crippen molar-refractivity contribution in [3.8, 4) is 5.75 Å². The Hall–Kier alpha value is -8.13. The molecule has 82 heavy (non-hydrogen) atoms. The number of ether oxygens (including phenoxy) is 2. The smallest absolute Gasteiger partial charge is 0.326 e. The van der Waals surface area contributed by atoms with Crippen LogP contribution in [0.5, 0.6) is 5.75 Å². The summed E-state index contributed by atoms with van der Waals surface area (Å²) >= 11 is 0. The summed E-state index contributed by atoms with van der Waals surface area (Å²) in [6.45, 7) is 14.6. The Balaban J connectivity index is 1.55. The quantitative estimate of drug-likeness (QED) is 0.0197. The van der Waals surface area contributed by atoms with Gasteiger partial charge in [0, 0.05) is 19.3 Å². The van der Waals surface area contributed by atoms with Gasteiger partial charge in [-0.2, -0.15) is 0 Å². The van der Waals surface area contributed by atoms with Crippen molar-refractivity contribution in [1.29, 1.82) is 0 Å². The van der Waals surface area contributed by atoms with Crippen molar-refractivity contribution in [2.24, 2.45) is 11.7 Å². The molecule has 442 valence electrons. The lowest BCUT2D eigenvalue weighted by Crippen LogP contribution is -2.60. The van der Waals surface area contributed by atoms with E-state index in [1.165, 1.54) is 0 Å². The van der Waals surface area contributed by atoms with E-state index in [0.29, 0.717) is 40.8 Å². The zero-order chi connectivity index (χ0) is 60.2. The summed E-state index contributed by atoms with van der Waals surface area (Å²) in [5.41, 5.74) is 5.36. The number of carbonyl (C=O) groups is 9. The molecule has 0 bridgehead atoms. The zero-order valence-electron chi connectivity index (χ0n) is 48.3. The number of nitrogens with two attached hydrogens (primary N) is 1. The average molecular weight is 1130 g/mol. The minimum absolute atomic E-state index is 0.0306. The van der Waals surface area contributed by atoms with Crippen molar-refractivity contribution >= 4 is 53.3 Å². The predicted molar refractivity (Wildman–Crippen MR) is 308 cm³/mol. The van der Waals surface area contributed by atoms with Crippen LogP contribution in [0, 0.1) is 5.92 Å². The number of rotatable bonds is 29. The number of carboxylic acid groups (broad SMARTS) is 1. The molecular formula is C62H82N8O12. The average Bonchev–Trinajstić information content (AvgIpc) is 3.09. The van der Waals surface area contributed by atoms with Crippen molar-refractivity contribution in [3.05, 3.63) is 138 Å². The first-order valence-electron chi connectivity index (χ1n) is 28.0. The molecule has 6 atom stereocenters. The van der Waals surface area contributed by atoms with Gasteiger partial charge in [0.15, 0.2) is 0 Å². The Bertz CT molecular complexity index is 2700. The highest BCUT2D eigenvalue weighted by atomic mass is 16.6. The molecule has 10 N–H and O–H groups in total. The number of carbonyl (C=O) groups excluding carboxylic acids is 8. The molecule has 0 radical (unpaired) electrons. The Morgan fingerprint density at radius 1 is 0.622 bits per heavy atom. The molecule has 4 aromatic carbocycles. The van der Waals surface area contributed by atoms with Gasteiger partial charge in [-0.1, -0.05) is 117 Å². The second-order valence-electron chi connectivity index (χ2n) is 23.0. The van der Waals surface area contributed by atoms with Crippen LogP contribution in [0.25, 0.3) is 0 Å². The highest BCUT2D eigenvalue weighted by molar-refractivity contribution is 5.98. The summed E-state index contributed by atoms with van der Waals surface area (Å²) in [6, 6.07) is 25.8. The Kier molecular flexibility index (Phi) is 23.7. The fourth-order valence-electron chi connectivity index (χ4n) is 9.48. The van der Waals surface area contributed by atoms with Crippen molar-refractivity contribution in [1.82, 2.24) is 37.2 Å². The molecule has 0 saturated carbocycles. The van der Waals surface area contributed by atoms with Crippen molar-refractivity contribution < 1.29 is 57.7 Å². The fraction of sp³-hybridized carbons (Fsp3) is 0.468. The van der Waals surface area contributed by atoms with Crippen LogP contribution in [0.15, 0.2) is 115 Å². The molecule has 5 rings (SSSR count). The van der Waals surface area contributed by atoms with Crippen LogP contribution in [-0.4, -0.2) is 112 Å². The molecule has 0 aromatic heterocycles. The highest BCUT2D eigenvalue weighted by Gasteiger charge is 2.41. The lowest BCUT2D eigenvalue weighted by Gasteiger charge is -2.37. The number of benzene rings is 4. The normalized spacial score (nSPS) is 15.3. The Morgan fingerprint density at radius 3 is 1.61 bits per heavy atom. The predicted octanol–water partition coefficient (Wildman–Crippen LogP) is 4.99. The van der Waals surface area contributed by atoms with Crippen LogP contribution in [0.4, 0.5) is 0 Å². The third kappa shape index (κ3) is 20.1. The minimum atomic E-state index is -1.79. The summed E-state index contributed by atoms with van der Waals surface area (Å²) < 4.78 is 11.6. The summed E-state index contributed by atoms with van der Waals surface area (Å²) in [4.78, 5) is 125. The molecule has 0 spiro atoms. The maximum absolute atomic E-state index is 15.0. The SMILES string of the molecule is CC(C)C[C@H](NC(=O)[C@@H]1CCC(=O)N1)C(=O)N[C@@H](Cc1ccc(OC(C)(C)C)cc1)C(=O)N[C@@H](CCC(=O)OC(C)(C)C)C(=O)N[C@@H](CC(=O)NC(c1ccccc1)(c1ccccc1)c1ccccc1)C(=O)N[C@@H](CCCCN)C(=O)O. The van der Waals surface area contributed by atoms with Gasteiger partial charge in [0.25, 0.3) is 0 Å².